The van der Waals surface area contributed by atoms with E-state index < -0.39 is 0 Å². The van der Waals surface area contributed by atoms with Gasteiger partial charge in [0.1, 0.15) is 5.75 Å². The van der Waals surface area contributed by atoms with Crippen molar-refractivity contribution in [1.29, 1.82) is 0 Å². The van der Waals surface area contributed by atoms with Gasteiger partial charge in [0.25, 0.3) is 0 Å². The van der Waals surface area contributed by atoms with Crippen LogP contribution < -0.4 is 4.74 Å². The molecule has 2 aromatic rings. The summed E-state index contributed by atoms with van der Waals surface area (Å²) in [5, 5.41) is 17.2. The van der Waals surface area contributed by atoms with E-state index in [1.165, 1.54) is 5.56 Å². The molecule has 0 unspecified atom stereocenters. The van der Waals surface area contributed by atoms with Crippen molar-refractivity contribution in [3.8, 4) is 5.75 Å². The van der Waals surface area contributed by atoms with Crippen LogP contribution in [0.3, 0.4) is 0 Å². The topological polar surface area (TPSA) is 60.2 Å². The van der Waals surface area contributed by atoms with Gasteiger partial charge >= 0.3 is 0 Å². The summed E-state index contributed by atoms with van der Waals surface area (Å²) in [6.45, 7) is 5.73. The Morgan fingerprint density at radius 1 is 1.14 bits per heavy atom. The highest BCUT2D eigenvalue weighted by Crippen LogP contribution is 2.12. The number of benzene rings is 1. The highest BCUT2D eigenvalue weighted by Gasteiger charge is 2.07. The number of rotatable bonds is 8. The lowest BCUT2D eigenvalue weighted by Crippen LogP contribution is -2.07. The maximum absolute atomic E-state index is 8.85. The summed E-state index contributed by atoms with van der Waals surface area (Å²) >= 11 is 0. The van der Waals surface area contributed by atoms with E-state index >= 15 is 0 Å². The van der Waals surface area contributed by atoms with Crippen molar-refractivity contribution in [2.75, 3.05) is 13.2 Å². The molecule has 0 spiro atoms. The van der Waals surface area contributed by atoms with E-state index in [0.717, 1.165) is 42.9 Å². The molecule has 0 atom stereocenters. The molecular weight excluding hydrogens is 266 g/mol. The van der Waals surface area contributed by atoms with Gasteiger partial charge in [0, 0.05) is 19.6 Å². The summed E-state index contributed by atoms with van der Waals surface area (Å²) in [5.41, 5.74) is 3.29. The van der Waals surface area contributed by atoms with Crippen molar-refractivity contribution >= 4 is 0 Å². The van der Waals surface area contributed by atoms with Crippen LogP contribution in [0.15, 0.2) is 24.3 Å². The van der Waals surface area contributed by atoms with Crippen LogP contribution in [0.25, 0.3) is 0 Å². The number of ether oxygens (including phenoxy) is 1. The highest BCUT2D eigenvalue weighted by molar-refractivity contribution is 5.26. The van der Waals surface area contributed by atoms with E-state index in [2.05, 4.69) is 17.2 Å². The average molecular weight is 289 g/mol. The van der Waals surface area contributed by atoms with Crippen molar-refractivity contribution in [1.82, 2.24) is 15.0 Å². The molecule has 114 valence electrons. The molecule has 21 heavy (non-hydrogen) atoms. The van der Waals surface area contributed by atoms with E-state index in [1.54, 1.807) is 0 Å². The molecule has 1 aromatic carbocycles. The Morgan fingerprint density at radius 2 is 1.90 bits per heavy atom. The SMILES string of the molecule is Cc1ccc(OCCCn2nnc(CCCO)c2C)cc1. The molecule has 0 saturated carbocycles. The zero-order valence-corrected chi connectivity index (χ0v) is 12.7. The fraction of sp³-hybridized carbons (Fsp3) is 0.500. The summed E-state index contributed by atoms with van der Waals surface area (Å²) in [7, 11) is 0. The first-order valence-electron chi connectivity index (χ1n) is 7.40. The lowest BCUT2D eigenvalue weighted by atomic mass is 10.2. The maximum atomic E-state index is 8.85. The molecule has 1 heterocycles. The summed E-state index contributed by atoms with van der Waals surface area (Å²) in [4.78, 5) is 0. The Kier molecular flexibility index (Phi) is 5.75. The quantitative estimate of drug-likeness (QED) is 0.757. The Morgan fingerprint density at radius 3 is 2.62 bits per heavy atom. The third-order valence-electron chi connectivity index (χ3n) is 3.45. The molecule has 0 aliphatic heterocycles. The second-order valence-corrected chi connectivity index (χ2v) is 5.19. The third kappa shape index (κ3) is 4.56. The number of aliphatic hydroxyl groups excluding tert-OH is 1. The number of aromatic nitrogens is 3. The van der Waals surface area contributed by atoms with E-state index in [1.807, 2.05) is 35.9 Å². The predicted octanol–water partition coefficient (Wildman–Crippen LogP) is 2.29. The molecule has 0 saturated heterocycles. The molecule has 0 amide bonds. The van der Waals surface area contributed by atoms with Gasteiger partial charge < -0.3 is 9.84 Å². The molecule has 5 nitrogen and oxygen atoms in total. The minimum Gasteiger partial charge on any atom is -0.494 e. The Balaban J connectivity index is 1.75. The molecule has 0 bridgehead atoms. The fourth-order valence-electron chi connectivity index (χ4n) is 2.13. The van der Waals surface area contributed by atoms with Gasteiger partial charge in [0.05, 0.1) is 18.0 Å². The number of aryl methyl sites for hydroxylation is 3. The normalized spacial score (nSPS) is 10.8. The Bertz CT molecular complexity index is 549. The molecular formula is C16H23N3O2. The molecule has 0 fully saturated rings. The van der Waals surface area contributed by atoms with E-state index in [9.17, 15) is 0 Å². The van der Waals surface area contributed by atoms with Gasteiger partial charge in [-0.05, 0) is 38.8 Å². The summed E-state index contributed by atoms with van der Waals surface area (Å²) in [5.74, 6) is 0.902. The van der Waals surface area contributed by atoms with Crippen LogP contribution in [0.1, 0.15) is 29.8 Å². The zero-order valence-electron chi connectivity index (χ0n) is 12.7. The van der Waals surface area contributed by atoms with Crippen LogP contribution in [-0.2, 0) is 13.0 Å². The monoisotopic (exact) mass is 289 g/mol. The number of hydrogen-bond acceptors (Lipinski definition) is 4. The van der Waals surface area contributed by atoms with Crippen LogP contribution in [-0.4, -0.2) is 33.3 Å². The van der Waals surface area contributed by atoms with Crippen LogP contribution in [0.4, 0.5) is 0 Å². The first kappa shape index (κ1) is 15.5. The Labute approximate surface area is 125 Å². The largest absolute Gasteiger partial charge is 0.494 e. The van der Waals surface area contributed by atoms with Gasteiger partial charge in [-0.3, -0.25) is 0 Å². The lowest BCUT2D eigenvalue weighted by molar-refractivity contribution is 0.288. The standard InChI is InChI=1S/C16H23N3O2/c1-13-6-8-15(9-7-13)21-12-4-10-19-14(2)16(17-18-19)5-3-11-20/h6-9,20H,3-5,10-12H2,1-2H3. The van der Waals surface area contributed by atoms with Crippen LogP contribution in [0.2, 0.25) is 0 Å². The molecule has 1 N–H and O–H groups in total. The highest BCUT2D eigenvalue weighted by atomic mass is 16.5. The second-order valence-electron chi connectivity index (χ2n) is 5.19. The summed E-state index contributed by atoms with van der Waals surface area (Å²) < 4.78 is 7.61. The van der Waals surface area contributed by atoms with Crippen LogP contribution >= 0.6 is 0 Å². The molecule has 0 radical (unpaired) electrons. The summed E-state index contributed by atoms with van der Waals surface area (Å²) in [6.07, 6.45) is 2.40. The molecule has 1 aromatic heterocycles. The molecule has 0 aliphatic rings. The van der Waals surface area contributed by atoms with Crippen molar-refractivity contribution < 1.29 is 9.84 Å². The fourth-order valence-corrected chi connectivity index (χ4v) is 2.13. The summed E-state index contributed by atoms with van der Waals surface area (Å²) in [6, 6.07) is 8.07. The lowest BCUT2D eigenvalue weighted by Gasteiger charge is -2.07. The van der Waals surface area contributed by atoms with Crippen molar-refractivity contribution in [2.45, 2.75) is 39.7 Å². The van der Waals surface area contributed by atoms with Gasteiger partial charge in [-0.1, -0.05) is 22.9 Å². The van der Waals surface area contributed by atoms with Gasteiger partial charge in [-0.25, -0.2) is 4.68 Å². The van der Waals surface area contributed by atoms with Gasteiger partial charge in [-0.2, -0.15) is 0 Å². The van der Waals surface area contributed by atoms with E-state index in [-0.39, 0.29) is 6.61 Å². The van der Waals surface area contributed by atoms with Gasteiger partial charge in [-0.15, -0.1) is 5.10 Å². The average Bonchev–Trinajstić information content (AvgIpc) is 2.84. The van der Waals surface area contributed by atoms with Gasteiger partial charge in [0.2, 0.25) is 0 Å². The predicted molar refractivity (Wildman–Crippen MR) is 81.5 cm³/mol. The molecule has 0 aliphatic carbocycles. The third-order valence-corrected chi connectivity index (χ3v) is 3.45. The van der Waals surface area contributed by atoms with Crippen molar-refractivity contribution in [3.05, 3.63) is 41.2 Å². The molecule has 2 rings (SSSR count). The Hall–Kier alpha value is -1.88. The van der Waals surface area contributed by atoms with Crippen molar-refractivity contribution in [3.63, 3.8) is 0 Å². The first-order chi connectivity index (χ1) is 10.2. The number of nitrogens with zero attached hydrogens (tertiary/aromatic N) is 3. The van der Waals surface area contributed by atoms with Crippen molar-refractivity contribution in [2.24, 2.45) is 0 Å². The first-order valence-corrected chi connectivity index (χ1v) is 7.40. The second kappa shape index (κ2) is 7.78. The number of hydrogen-bond donors (Lipinski definition) is 1. The van der Waals surface area contributed by atoms with E-state index in [4.69, 9.17) is 9.84 Å². The van der Waals surface area contributed by atoms with Gasteiger partial charge in [0.15, 0.2) is 0 Å². The minimum absolute atomic E-state index is 0.191. The van der Waals surface area contributed by atoms with Crippen LogP contribution in [0, 0.1) is 13.8 Å². The zero-order chi connectivity index (χ0) is 15.1. The van der Waals surface area contributed by atoms with E-state index in [0.29, 0.717) is 6.61 Å². The minimum atomic E-state index is 0.191. The van der Waals surface area contributed by atoms with Crippen LogP contribution in [0.5, 0.6) is 5.75 Å². The maximum Gasteiger partial charge on any atom is 0.119 e. The number of aliphatic hydroxyl groups is 1. The molecule has 5 heteroatoms. The smallest absolute Gasteiger partial charge is 0.119 e.